The molecule has 104 valence electrons. The average Bonchev–Trinajstić information content (AvgIpc) is 2.37. The maximum atomic E-state index is 11.4. The van der Waals surface area contributed by atoms with Gasteiger partial charge in [-0.05, 0) is 37.6 Å². The van der Waals surface area contributed by atoms with E-state index in [9.17, 15) is 4.79 Å². The molecule has 1 aromatic rings. The third-order valence-electron chi connectivity index (χ3n) is 2.33. The summed E-state index contributed by atoms with van der Waals surface area (Å²) in [7, 11) is 0. The van der Waals surface area contributed by atoms with Crippen molar-refractivity contribution in [1.29, 1.82) is 0 Å². The van der Waals surface area contributed by atoms with Crippen LogP contribution in [0.5, 0.6) is 5.75 Å². The summed E-state index contributed by atoms with van der Waals surface area (Å²) in [6.07, 6.45) is 2.50. The van der Waals surface area contributed by atoms with E-state index in [1.54, 1.807) is 25.1 Å². The average molecular weight is 264 g/mol. The quantitative estimate of drug-likeness (QED) is 0.532. The molecule has 0 radical (unpaired) electrons. The normalized spacial score (nSPS) is 12.4. The van der Waals surface area contributed by atoms with Gasteiger partial charge in [-0.1, -0.05) is 6.07 Å². The fraction of sp³-hybridized carbons (Fsp3) is 0.357. The van der Waals surface area contributed by atoms with E-state index in [1.807, 2.05) is 13.0 Å². The van der Waals surface area contributed by atoms with Gasteiger partial charge in [-0.25, -0.2) is 0 Å². The van der Waals surface area contributed by atoms with E-state index in [1.165, 1.54) is 6.08 Å². The lowest BCUT2D eigenvalue weighted by Crippen LogP contribution is -2.28. The van der Waals surface area contributed by atoms with Gasteiger partial charge in [0.1, 0.15) is 5.75 Å². The van der Waals surface area contributed by atoms with Crippen LogP contribution in [0, 0.1) is 0 Å². The number of nitrogens with two attached hydrogens (primary N) is 1. The molecule has 1 aromatic carbocycles. The van der Waals surface area contributed by atoms with Crippen LogP contribution in [0.15, 0.2) is 24.3 Å². The summed E-state index contributed by atoms with van der Waals surface area (Å²) in [5.74, 6) is 0.381. The minimum atomic E-state index is -0.557. The second kappa shape index (κ2) is 7.43. The maximum Gasteiger partial charge on any atom is 0.244 e. The second-order valence-corrected chi connectivity index (χ2v) is 4.16. The van der Waals surface area contributed by atoms with Crippen LogP contribution < -0.4 is 15.8 Å². The Balaban J connectivity index is 2.61. The Morgan fingerprint density at radius 2 is 2.32 bits per heavy atom. The third-order valence-corrected chi connectivity index (χ3v) is 2.33. The molecule has 5 heteroatoms. The fourth-order valence-electron chi connectivity index (χ4n) is 1.44. The first-order valence-corrected chi connectivity index (χ1v) is 6.19. The molecule has 5 nitrogen and oxygen atoms in total. The highest BCUT2D eigenvalue weighted by Crippen LogP contribution is 2.22. The van der Waals surface area contributed by atoms with Crippen molar-refractivity contribution in [3.63, 3.8) is 0 Å². The minimum Gasteiger partial charge on any atom is -0.492 e. The number of amides is 1. The van der Waals surface area contributed by atoms with Crippen LogP contribution in [-0.4, -0.2) is 30.3 Å². The van der Waals surface area contributed by atoms with Crippen LogP contribution in [0.3, 0.4) is 0 Å². The predicted molar refractivity (Wildman–Crippen MR) is 75.7 cm³/mol. The van der Waals surface area contributed by atoms with Gasteiger partial charge in [0.15, 0.2) is 0 Å². The van der Waals surface area contributed by atoms with Gasteiger partial charge in [0.2, 0.25) is 5.91 Å². The number of carbonyl (C=O) groups excluding carboxylic acids is 1. The van der Waals surface area contributed by atoms with E-state index >= 15 is 0 Å². The van der Waals surface area contributed by atoms with Gasteiger partial charge < -0.3 is 20.9 Å². The van der Waals surface area contributed by atoms with Gasteiger partial charge in [-0.15, -0.1) is 0 Å². The molecule has 1 rings (SSSR count). The molecule has 0 bridgehead atoms. The van der Waals surface area contributed by atoms with Gasteiger partial charge in [-0.2, -0.15) is 0 Å². The summed E-state index contributed by atoms with van der Waals surface area (Å²) in [6, 6.07) is 5.33. The molecule has 0 aliphatic heterocycles. The molecule has 0 aliphatic rings. The lowest BCUT2D eigenvalue weighted by Gasteiger charge is -2.07. The molecule has 0 aliphatic carbocycles. The summed E-state index contributed by atoms with van der Waals surface area (Å²) in [5, 5.41) is 11.6. The lowest BCUT2D eigenvalue weighted by molar-refractivity contribution is -0.116. The summed E-state index contributed by atoms with van der Waals surface area (Å²) >= 11 is 0. The Labute approximate surface area is 113 Å². The SMILES string of the molecule is CCOc1ccc(/C=C\C(=O)NCC(C)O)cc1N. The molecule has 1 atom stereocenters. The lowest BCUT2D eigenvalue weighted by atomic mass is 10.1. The molecule has 19 heavy (non-hydrogen) atoms. The van der Waals surface area contributed by atoms with Crippen molar-refractivity contribution in [1.82, 2.24) is 5.32 Å². The van der Waals surface area contributed by atoms with Crippen molar-refractivity contribution < 1.29 is 14.6 Å². The number of rotatable bonds is 6. The highest BCUT2D eigenvalue weighted by atomic mass is 16.5. The first-order chi connectivity index (χ1) is 9.02. The number of hydrogen-bond donors (Lipinski definition) is 3. The van der Waals surface area contributed by atoms with Crippen LogP contribution in [0.1, 0.15) is 19.4 Å². The van der Waals surface area contributed by atoms with E-state index in [4.69, 9.17) is 15.6 Å². The topological polar surface area (TPSA) is 84.6 Å². The Morgan fingerprint density at radius 3 is 2.89 bits per heavy atom. The van der Waals surface area contributed by atoms with Crippen molar-refractivity contribution in [2.75, 3.05) is 18.9 Å². The smallest absolute Gasteiger partial charge is 0.244 e. The standard InChI is InChI=1S/C14H20N2O3/c1-3-19-13-6-4-11(8-12(13)15)5-7-14(18)16-9-10(2)17/h4-8,10,17H,3,9,15H2,1-2H3,(H,16,18)/b7-5-. The zero-order valence-electron chi connectivity index (χ0n) is 11.2. The van der Waals surface area contributed by atoms with Gasteiger partial charge in [0, 0.05) is 12.6 Å². The fourth-order valence-corrected chi connectivity index (χ4v) is 1.44. The molecule has 0 saturated heterocycles. The van der Waals surface area contributed by atoms with Crippen LogP contribution >= 0.6 is 0 Å². The van der Waals surface area contributed by atoms with Gasteiger partial charge in [-0.3, -0.25) is 4.79 Å². The molecule has 0 heterocycles. The van der Waals surface area contributed by atoms with E-state index < -0.39 is 6.10 Å². The number of aliphatic hydroxyl groups is 1. The summed E-state index contributed by atoms with van der Waals surface area (Å²) < 4.78 is 5.33. The minimum absolute atomic E-state index is 0.231. The van der Waals surface area contributed by atoms with Crippen molar-refractivity contribution in [3.8, 4) is 5.75 Å². The molecule has 0 saturated carbocycles. The predicted octanol–water partition coefficient (Wildman–Crippen LogP) is 1.18. The van der Waals surface area contributed by atoms with Crippen LogP contribution in [0.2, 0.25) is 0 Å². The molecule has 0 aromatic heterocycles. The number of anilines is 1. The van der Waals surface area contributed by atoms with Crippen molar-refractivity contribution >= 4 is 17.7 Å². The Bertz CT molecular complexity index is 456. The largest absolute Gasteiger partial charge is 0.492 e. The first kappa shape index (κ1) is 15.0. The van der Waals surface area contributed by atoms with Crippen LogP contribution in [0.25, 0.3) is 6.08 Å². The molecule has 1 unspecified atom stereocenters. The van der Waals surface area contributed by atoms with Crippen LogP contribution in [-0.2, 0) is 4.79 Å². The Kier molecular flexibility index (Phi) is 5.89. The van der Waals surface area contributed by atoms with E-state index in [0.29, 0.717) is 18.0 Å². The monoisotopic (exact) mass is 264 g/mol. The van der Waals surface area contributed by atoms with Gasteiger partial charge in [0.25, 0.3) is 0 Å². The van der Waals surface area contributed by atoms with E-state index in [2.05, 4.69) is 5.32 Å². The van der Waals surface area contributed by atoms with Gasteiger partial charge in [0.05, 0.1) is 18.4 Å². The highest BCUT2D eigenvalue weighted by molar-refractivity contribution is 5.91. The number of benzene rings is 1. The summed E-state index contributed by atoms with van der Waals surface area (Å²) in [4.78, 5) is 11.4. The second-order valence-electron chi connectivity index (χ2n) is 4.16. The summed E-state index contributed by atoms with van der Waals surface area (Å²) in [6.45, 7) is 4.28. The number of ether oxygens (including phenoxy) is 1. The first-order valence-electron chi connectivity index (χ1n) is 6.19. The molecule has 4 N–H and O–H groups in total. The Hall–Kier alpha value is -2.01. The zero-order valence-corrected chi connectivity index (χ0v) is 11.2. The van der Waals surface area contributed by atoms with Crippen LogP contribution in [0.4, 0.5) is 5.69 Å². The number of nitrogens with one attached hydrogen (secondary N) is 1. The number of aliphatic hydroxyl groups excluding tert-OH is 1. The van der Waals surface area contributed by atoms with E-state index in [-0.39, 0.29) is 12.5 Å². The van der Waals surface area contributed by atoms with Crippen molar-refractivity contribution in [2.24, 2.45) is 0 Å². The van der Waals surface area contributed by atoms with Crippen molar-refractivity contribution in [2.45, 2.75) is 20.0 Å². The summed E-state index contributed by atoms with van der Waals surface area (Å²) in [5.41, 5.74) is 7.17. The molecular weight excluding hydrogens is 244 g/mol. The zero-order chi connectivity index (χ0) is 14.3. The highest BCUT2D eigenvalue weighted by Gasteiger charge is 2.01. The molecular formula is C14H20N2O3. The van der Waals surface area contributed by atoms with Crippen molar-refractivity contribution in [3.05, 3.63) is 29.8 Å². The third kappa shape index (κ3) is 5.44. The maximum absolute atomic E-state index is 11.4. The molecule has 0 spiro atoms. The Morgan fingerprint density at radius 1 is 1.58 bits per heavy atom. The van der Waals surface area contributed by atoms with E-state index in [0.717, 1.165) is 5.56 Å². The molecule has 1 amide bonds. The number of hydrogen-bond acceptors (Lipinski definition) is 4. The molecule has 0 fully saturated rings. The number of carbonyl (C=O) groups is 1. The number of nitrogen functional groups attached to an aromatic ring is 1. The van der Waals surface area contributed by atoms with Gasteiger partial charge >= 0.3 is 0 Å².